The topological polar surface area (TPSA) is 47.6 Å². The number of rotatable bonds is 3. The number of anilines is 1. The zero-order chi connectivity index (χ0) is 14.8. The van der Waals surface area contributed by atoms with Crippen molar-refractivity contribution in [2.45, 2.75) is 57.3 Å². The summed E-state index contributed by atoms with van der Waals surface area (Å²) in [4.78, 5) is 12.2. The van der Waals surface area contributed by atoms with Crippen molar-refractivity contribution in [3.8, 4) is 0 Å². The predicted molar refractivity (Wildman–Crippen MR) is 81.4 cm³/mol. The third-order valence-corrected chi connectivity index (χ3v) is 4.30. The highest BCUT2D eigenvalue weighted by Crippen LogP contribution is 2.33. The first-order valence-corrected chi connectivity index (χ1v) is 7.79. The molecule has 1 aromatic rings. The molecule has 114 valence electrons. The monoisotopic (exact) mass is 289 g/mol. The Morgan fingerprint density at radius 1 is 1.29 bits per heavy atom. The number of fused-ring (bicyclic) bond motifs is 1. The van der Waals surface area contributed by atoms with Gasteiger partial charge in [-0.05, 0) is 25.5 Å². The van der Waals surface area contributed by atoms with Crippen LogP contribution < -0.4 is 5.32 Å². The van der Waals surface area contributed by atoms with Crippen LogP contribution in [-0.4, -0.2) is 30.8 Å². The van der Waals surface area contributed by atoms with Crippen LogP contribution in [0.25, 0.3) is 0 Å². The zero-order valence-electron chi connectivity index (χ0n) is 12.7. The predicted octanol–water partition coefficient (Wildman–Crippen LogP) is 3.09. The van der Waals surface area contributed by atoms with Crippen LogP contribution in [0.5, 0.6) is 0 Å². The Balaban J connectivity index is 1.55. The van der Waals surface area contributed by atoms with Crippen LogP contribution in [0.1, 0.15) is 44.6 Å². The molecule has 0 bridgehead atoms. The summed E-state index contributed by atoms with van der Waals surface area (Å²) < 4.78 is 11.3. The number of para-hydroxylation sites is 1. The Morgan fingerprint density at radius 2 is 2.00 bits per heavy atom. The molecule has 4 nitrogen and oxygen atoms in total. The lowest BCUT2D eigenvalue weighted by atomic mass is 9.98. The molecule has 3 unspecified atom stereocenters. The summed E-state index contributed by atoms with van der Waals surface area (Å²) in [5.41, 5.74) is 2.37. The van der Waals surface area contributed by atoms with E-state index in [2.05, 4.69) is 17.4 Å². The average molecular weight is 289 g/mol. The lowest BCUT2D eigenvalue weighted by Crippen LogP contribution is -2.35. The molecule has 3 atom stereocenters. The van der Waals surface area contributed by atoms with E-state index >= 15 is 0 Å². The number of benzene rings is 1. The SMILES string of the molecule is CC1CC(OC(=O)CC2CNc3ccccc32)CC(C)O1. The fraction of sp³-hybridized carbons (Fsp3) is 0.588. The summed E-state index contributed by atoms with van der Waals surface area (Å²) >= 11 is 0. The van der Waals surface area contributed by atoms with E-state index in [1.807, 2.05) is 26.0 Å². The van der Waals surface area contributed by atoms with Crippen molar-refractivity contribution in [2.24, 2.45) is 0 Å². The van der Waals surface area contributed by atoms with Gasteiger partial charge in [0.25, 0.3) is 0 Å². The maximum Gasteiger partial charge on any atom is 0.306 e. The molecule has 4 heteroatoms. The molecule has 1 saturated heterocycles. The highest BCUT2D eigenvalue weighted by atomic mass is 16.6. The molecule has 0 saturated carbocycles. The molecule has 1 aromatic carbocycles. The number of hydrogen-bond acceptors (Lipinski definition) is 4. The Hall–Kier alpha value is -1.55. The van der Waals surface area contributed by atoms with Gasteiger partial charge in [0.05, 0.1) is 18.6 Å². The highest BCUT2D eigenvalue weighted by molar-refractivity contribution is 5.72. The van der Waals surface area contributed by atoms with E-state index < -0.39 is 0 Å². The summed E-state index contributed by atoms with van der Waals surface area (Å²) in [7, 11) is 0. The highest BCUT2D eigenvalue weighted by Gasteiger charge is 2.29. The van der Waals surface area contributed by atoms with E-state index in [0.29, 0.717) is 6.42 Å². The normalized spacial score (nSPS) is 31.3. The summed E-state index contributed by atoms with van der Waals surface area (Å²) in [5.74, 6) is 0.133. The summed E-state index contributed by atoms with van der Waals surface area (Å²) in [6, 6.07) is 8.18. The Labute approximate surface area is 125 Å². The molecule has 1 N–H and O–H groups in total. The van der Waals surface area contributed by atoms with Gasteiger partial charge < -0.3 is 14.8 Å². The maximum atomic E-state index is 12.2. The summed E-state index contributed by atoms with van der Waals surface area (Å²) in [5, 5.41) is 3.35. The van der Waals surface area contributed by atoms with Crippen LogP contribution in [0.2, 0.25) is 0 Å². The molecule has 0 aromatic heterocycles. The molecule has 0 spiro atoms. The van der Waals surface area contributed by atoms with Crippen LogP contribution in [0.4, 0.5) is 5.69 Å². The van der Waals surface area contributed by atoms with Gasteiger partial charge in [-0.25, -0.2) is 0 Å². The van der Waals surface area contributed by atoms with Gasteiger partial charge >= 0.3 is 5.97 Å². The third-order valence-electron chi connectivity index (χ3n) is 4.30. The minimum Gasteiger partial charge on any atom is -0.462 e. The van der Waals surface area contributed by atoms with Gasteiger partial charge in [-0.1, -0.05) is 18.2 Å². The molecule has 1 fully saturated rings. The minimum absolute atomic E-state index is 0.000793. The second kappa shape index (κ2) is 6.06. The van der Waals surface area contributed by atoms with Crippen molar-refractivity contribution in [1.29, 1.82) is 0 Å². The lowest BCUT2D eigenvalue weighted by molar-refractivity contribution is -0.160. The molecule has 3 rings (SSSR count). The number of carbonyl (C=O) groups is 1. The number of ether oxygens (including phenoxy) is 2. The molecule has 0 aliphatic carbocycles. The van der Waals surface area contributed by atoms with Crippen LogP contribution in [-0.2, 0) is 14.3 Å². The second-order valence-corrected chi connectivity index (χ2v) is 6.21. The van der Waals surface area contributed by atoms with Crippen molar-refractivity contribution in [1.82, 2.24) is 0 Å². The molecule has 2 aliphatic heterocycles. The molecule has 2 heterocycles. The first-order valence-electron chi connectivity index (χ1n) is 7.79. The van der Waals surface area contributed by atoms with E-state index in [4.69, 9.17) is 9.47 Å². The van der Waals surface area contributed by atoms with E-state index in [9.17, 15) is 4.79 Å². The maximum absolute atomic E-state index is 12.2. The third kappa shape index (κ3) is 3.38. The fourth-order valence-electron chi connectivity index (χ4n) is 3.41. The van der Waals surface area contributed by atoms with Gasteiger partial charge in [0.15, 0.2) is 0 Å². The summed E-state index contributed by atoms with van der Waals surface area (Å²) in [6.45, 7) is 4.89. The number of esters is 1. The standard InChI is InChI=1S/C17H23NO3/c1-11-7-14(8-12(2)20-11)21-17(19)9-13-10-18-16-6-4-3-5-15(13)16/h3-6,11-14,18H,7-10H2,1-2H3. The van der Waals surface area contributed by atoms with E-state index in [1.54, 1.807) is 0 Å². The number of nitrogens with one attached hydrogen (secondary N) is 1. The quantitative estimate of drug-likeness (QED) is 0.869. The molecular weight excluding hydrogens is 266 g/mol. The first-order chi connectivity index (χ1) is 10.1. The summed E-state index contributed by atoms with van der Waals surface area (Å²) in [6.07, 6.45) is 2.39. The van der Waals surface area contributed by atoms with Crippen LogP contribution in [0, 0.1) is 0 Å². The van der Waals surface area contributed by atoms with Crippen molar-refractivity contribution in [2.75, 3.05) is 11.9 Å². The van der Waals surface area contributed by atoms with Crippen LogP contribution in [0.3, 0.4) is 0 Å². The van der Waals surface area contributed by atoms with Crippen LogP contribution in [0.15, 0.2) is 24.3 Å². The molecule has 0 radical (unpaired) electrons. The largest absolute Gasteiger partial charge is 0.462 e. The van der Waals surface area contributed by atoms with Gasteiger partial charge in [-0.3, -0.25) is 4.79 Å². The van der Waals surface area contributed by atoms with Gasteiger partial charge in [0.2, 0.25) is 0 Å². The van der Waals surface area contributed by atoms with Crippen molar-refractivity contribution in [3.63, 3.8) is 0 Å². The van der Waals surface area contributed by atoms with Gasteiger partial charge in [-0.15, -0.1) is 0 Å². The second-order valence-electron chi connectivity index (χ2n) is 6.21. The van der Waals surface area contributed by atoms with E-state index in [0.717, 1.165) is 25.1 Å². The molecule has 0 amide bonds. The molecule has 2 aliphatic rings. The molecule has 21 heavy (non-hydrogen) atoms. The number of carbonyl (C=O) groups excluding carboxylic acids is 1. The van der Waals surface area contributed by atoms with E-state index in [1.165, 1.54) is 5.56 Å². The van der Waals surface area contributed by atoms with Gasteiger partial charge in [0, 0.05) is 31.0 Å². The van der Waals surface area contributed by atoms with Crippen molar-refractivity contribution >= 4 is 11.7 Å². The smallest absolute Gasteiger partial charge is 0.306 e. The van der Waals surface area contributed by atoms with Gasteiger partial charge in [-0.2, -0.15) is 0 Å². The molecular formula is C17H23NO3. The van der Waals surface area contributed by atoms with Crippen molar-refractivity contribution < 1.29 is 14.3 Å². The average Bonchev–Trinajstić information content (AvgIpc) is 2.81. The Kier molecular flexibility index (Phi) is 4.15. The van der Waals surface area contributed by atoms with Crippen molar-refractivity contribution in [3.05, 3.63) is 29.8 Å². The fourth-order valence-corrected chi connectivity index (χ4v) is 3.41. The lowest BCUT2D eigenvalue weighted by Gasteiger charge is -2.31. The Bertz CT molecular complexity index is 507. The Morgan fingerprint density at radius 3 is 2.76 bits per heavy atom. The zero-order valence-corrected chi connectivity index (χ0v) is 12.7. The van der Waals surface area contributed by atoms with Gasteiger partial charge in [0.1, 0.15) is 6.10 Å². The van der Waals surface area contributed by atoms with Crippen LogP contribution >= 0.6 is 0 Å². The van der Waals surface area contributed by atoms with E-state index in [-0.39, 0.29) is 30.2 Å². The first kappa shape index (κ1) is 14.4. The number of hydrogen-bond donors (Lipinski definition) is 1. The minimum atomic E-state index is -0.0928.